The maximum absolute atomic E-state index is 6.05. The number of likely N-dealkylation sites (tertiary alicyclic amines) is 1. The van der Waals surface area contributed by atoms with Crippen molar-refractivity contribution < 1.29 is 4.74 Å². The van der Waals surface area contributed by atoms with E-state index in [-0.39, 0.29) is 0 Å². The van der Waals surface area contributed by atoms with Crippen LogP contribution in [0.15, 0.2) is 48.5 Å². The number of hydrogen-bond donors (Lipinski definition) is 1. The smallest absolute Gasteiger partial charge is 0.119 e. The molecule has 24 heavy (non-hydrogen) atoms. The molecule has 0 spiro atoms. The van der Waals surface area contributed by atoms with Gasteiger partial charge in [-0.2, -0.15) is 0 Å². The summed E-state index contributed by atoms with van der Waals surface area (Å²) in [6.07, 6.45) is 3.92. The summed E-state index contributed by atoms with van der Waals surface area (Å²) in [6.45, 7) is 5.72. The lowest BCUT2D eigenvalue weighted by Gasteiger charge is -2.34. The van der Waals surface area contributed by atoms with Crippen LogP contribution in [0.1, 0.15) is 42.0 Å². The largest absolute Gasteiger partial charge is 0.489 e. The van der Waals surface area contributed by atoms with E-state index in [1.165, 1.54) is 36.0 Å². The molecule has 1 heterocycles. The zero-order chi connectivity index (χ0) is 16.8. The molecule has 0 saturated carbocycles. The third-order valence-electron chi connectivity index (χ3n) is 4.98. The SMILES string of the molecule is Cc1ccccc1COc1ccc(C(CN)N2CCCCC2)cc1. The lowest BCUT2D eigenvalue weighted by atomic mass is 10.0. The molecule has 3 rings (SSSR count). The van der Waals surface area contributed by atoms with Crippen LogP contribution in [0.5, 0.6) is 5.75 Å². The average Bonchev–Trinajstić information content (AvgIpc) is 2.64. The molecule has 1 saturated heterocycles. The topological polar surface area (TPSA) is 38.5 Å². The van der Waals surface area contributed by atoms with E-state index >= 15 is 0 Å². The molecule has 2 aromatic rings. The summed E-state index contributed by atoms with van der Waals surface area (Å²) in [5.74, 6) is 0.913. The molecule has 2 N–H and O–H groups in total. The minimum Gasteiger partial charge on any atom is -0.489 e. The van der Waals surface area contributed by atoms with E-state index in [1.807, 2.05) is 0 Å². The van der Waals surface area contributed by atoms with E-state index in [2.05, 4.69) is 60.4 Å². The van der Waals surface area contributed by atoms with Gasteiger partial charge in [0.2, 0.25) is 0 Å². The Hall–Kier alpha value is -1.84. The van der Waals surface area contributed by atoms with Gasteiger partial charge in [-0.05, 0) is 61.7 Å². The minimum absolute atomic E-state index is 0.329. The van der Waals surface area contributed by atoms with Gasteiger partial charge in [-0.3, -0.25) is 4.90 Å². The highest BCUT2D eigenvalue weighted by molar-refractivity contribution is 5.31. The Labute approximate surface area is 145 Å². The summed E-state index contributed by atoms with van der Waals surface area (Å²) in [5.41, 5.74) is 9.84. The molecule has 3 nitrogen and oxygen atoms in total. The van der Waals surface area contributed by atoms with Crippen molar-refractivity contribution in [3.63, 3.8) is 0 Å². The Kier molecular flexibility index (Phi) is 5.89. The number of piperidine rings is 1. The molecule has 0 aromatic heterocycles. The van der Waals surface area contributed by atoms with Crippen molar-refractivity contribution in [3.05, 3.63) is 65.2 Å². The monoisotopic (exact) mass is 324 g/mol. The number of rotatable bonds is 6. The highest BCUT2D eigenvalue weighted by Gasteiger charge is 2.20. The van der Waals surface area contributed by atoms with Gasteiger partial charge in [-0.15, -0.1) is 0 Å². The maximum atomic E-state index is 6.05. The van der Waals surface area contributed by atoms with Crippen molar-refractivity contribution in [2.75, 3.05) is 19.6 Å². The molecular formula is C21H28N2O. The van der Waals surface area contributed by atoms with Crippen LogP contribution in [0.2, 0.25) is 0 Å². The first-order valence-corrected chi connectivity index (χ1v) is 8.99. The average molecular weight is 324 g/mol. The molecule has 1 unspecified atom stereocenters. The first-order chi connectivity index (χ1) is 11.8. The molecule has 0 bridgehead atoms. The van der Waals surface area contributed by atoms with Gasteiger partial charge in [0.1, 0.15) is 12.4 Å². The standard InChI is InChI=1S/C21H28N2O/c1-17-7-3-4-8-19(17)16-24-20-11-9-18(10-12-20)21(15-22)23-13-5-2-6-14-23/h3-4,7-12,21H,2,5-6,13-16,22H2,1H3. The fraction of sp³-hybridized carbons (Fsp3) is 0.429. The normalized spacial score (nSPS) is 16.8. The highest BCUT2D eigenvalue weighted by atomic mass is 16.5. The minimum atomic E-state index is 0.329. The van der Waals surface area contributed by atoms with Crippen molar-refractivity contribution in [1.82, 2.24) is 4.90 Å². The molecule has 0 amide bonds. The predicted octanol–water partition coefficient (Wildman–Crippen LogP) is 4.06. The van der Waals surface area contributed by atoms with Crippen LogP contribution in [0.25, 0.3) is 0 Å². The Bertz CT molecular complexity index is 633. The number of aryl methyl sites for hydroxylation is 1. The zero-order valence-corrected chi connectivity index (χ0v) is 14.6. The van der Waals surface area contributed by atoms with E-state index in [0.29, 0.717) is 19.2 Å². The number of nitrogens with zero attached hydrogens (tertiary/aromatic N) is 1. The number of ether oxygens (including phenoxy) is 1. The first-order valence-electron chi connectivity index (χ1n) is 8.99. The lowest BCUT2D eigenvalue weighted by Crippen LogP contribution is -2.37. The number of hydrogen-bond acceptors (Lipinski definition) is 3. The van der Waals surface area contributed by atoms with Gasteiger partial charge in [-0.25, -0.2) is 0 Å². The zero-order valence-electron chi connectivity index (χ0n) is 14.6. The summed E-state index contributed by atoms with van der Waals surface area (Å²) >= 11 is 0. The van der Waals surface area contributed by atoms with Gasteiger partial charge in [0, 0.05) is 12.6 Å². The molecule has 1 fully saturated rings. The third-order valence-corrected chi connectivity index (χ3v) is 4.98. The number of benzene rings is 2. The molecule has 0 aliphatic carbocycles. The van der Waals surface area contributed by atoms with Crippen molar-refractivity contribution in [3.8, 4) is 5.75 Å². The summed E-state index contributed by atoms with van der Waals surface area (Å²) in [5, 5.41) is 0. The van der Waals surface area contributed by atoms with Gasteiger partial charge < -0.3 is 10.5 Å². The predicted molar refractivity (Wildman–Crippen MR) is 99.2 cm³/mol. The second kappa shape index (κ2) is 8.32. The second-order valence-electron chi connectivity index (χ2n) is 6.63. The Morgan fingerprint density at radius 2 is 1.71 bits per heavy atom. The van der Waals surface area contributed by atoms with Crippen molar-refractivity contribution in [2.24, 2.45) is 5.73 Å². The van der Waals surface area contributed by atoms with Gasteiger partial charge in [0.15, 0.2) is 0 Å². The third kappa shape index (κ3) is 4.16. The van der Waals surface area contributed by atoms with E-state index in [4.69, 9.17) is 10.5 Å². The summed E-state index contributed by atoms with van der Waals surface area (Å²) in [7, 11) is 0. The molecular weight excluding hydrogens is 296 g/mol. The van der Waals surface area contributed by atoms with Crippen LogP contribution in [0.4, 0.5) is 0 Å². The van der Waals surface area contributed by atoms with Crippen molar-refractivity contribution >= 4 is 0 Å². The van der Waals surface area contributed by atoms with E-state index in [9.17, 15) is 0 Å². The highest BCUT2D eigenvalue weighted by Crippen LogP contribution is 2.25. The summed E-state index contributed by atoms with van der Waals surface area (Å²) in [4.78, 5) is 2.52. The van der Waals surface area contributed by atoms with Crippen LogP contribution >= 0.6 is 0 Å². The Morgan fingerprint density at radius 3 is 2.38 bits per heavy atom. The Balaban J connectivity index is 1.63. The molecule has 1 aliphatic heterocycles. The lowest BCUT2D eigenvalue weighted by molar-refractivity contribution is 0.167. The molecule has 0 radical (unpaired) electrons. The second-order valence-corrected chi connectivity index (χ2v) is 6.63. The van der Waals surface area contributed by atoms with Gasteiger partial charge in [0.05, 0.1) is 0 Å². The van der Waals surface area contributed by atoms with Crippen LogP contribution in [0, 0.1) is 6.92 Å². The van der Waals surface area contributed by atoms with Crippen molar-refractivity contribution in [2.45, 2.75) is 38.8 Å². The number of nitrogens with two attached hydrogens (primary N) is 1. The molecule has 1 aliphatic rings. The molecule has 128 valence electrons. The maximum Gasteiger partial charge on any atom is 0.119 e. The summed E-state index contributed by atoms with van der Waals surface area (Å²) in [6, 6.07) is 17.1. The fourth-order valence-electron chi connectivity index (χ4n) is 3.45. The van der Waals surface area contributed by atoms with E-state index < -0.39 is 0 Å². The quantitative estimate of drug-likeness (QED) is 0.871. The van der Waals surface area contributed by atoms with Crippen LogP contribution in [-0.2, 0) is 6.61 Å². The summed E-state index contributed by atoms with van der Waals surface area (Å²) < 4.78 is 5.94. The van der Waals surface area contributed by atoms with Crippen LogP contribution in [0.3, 0.4) is 0 Å². The van der Waals surface area contributed by atoms with Gasteiger partial charge in [0.25, 0.3) is 0 Å². The molecule has 3 heteroatoms. The fourth-order valence-corrected chi connectivity index (χ4v) is 3.45. The van der Waals surface area contributed by atoms with Crippen molar-refractivity contribution in [1.29, 1.82) is 0 Å². The van der Waals surface area contributed by atoms with Gasteiger partial charge in [-0.1, -0.05) is 42.8 Å². The Morgan fingerprint density at radius 1 is 1.00 bits per heavy atom. The molecule has 2 aromatic carbocycles. The van der Waals surface area contributed by atoms with E-state index in [0.717, 1.165) is 18.8 Å². The van der Waals surface area contributed by atoms with Gasteiger partial charge >= 0.3 is 0 Å². The van der Waals surface area contributed by atoms with E-state index in [1.54, 1.807) is 0 Å². The van der Waals surface area contributed by atoms with Crippen LogP contribution in [-0.4, -0.2) is 24.5 Å². The molecule has 1 atom stereocenters. The van der Waals surface area contributed by atoms with Crippen LogP contribution < -0.4 is 10.5 Å². The first kappa shape index (κ1) is 17.0.